The van der Waals surface area contributed by atoms with Gasteiger partial charge in [-0.3, -0.25) is 4.79 Å². The molecule has 0 spiro atoms. The van der Waals surface area contributed by atoms with Gasteiger partial charge in [-0.1, -0.05) is 6.92 Å². The maximum atomic E-state index is 13.0. The van der Waals surface area contributed by atoms with E-state index in [2.05, 4.69) is 6.92 Å². The van der Waals surface area contributed by atoms with Crippen molar-refractivity contribution in [3.8, 4) is 0 Å². The number of amides is 1. The third-order valence-corrected chi connectivity index (χ3v) is 7.08. The van der Waals surface area contributed by atoms with Crippen molar-refractivity contribution >= 4 is 21.6 Å². The second-order valence-corrected chi connectivity index (χ2v) is 8.96. The Hall–Kier alpha value is -1.40. The van der Waals surface area contributed by atoms with Gasteiger partial charge in [0.15, 0.2) is 0 Å². The van der Waals surface area contributed by atoms with Gasteiger partial charge in [-0.2, -0.15) is 4.31 Å². The summed E-state index contributed by atoms with van der Waals surface area (Å²) in [5.41, 5.74) is 2.88. The molecule has 6 heteroatoms. The quantitative estimate of drug-likeness (QED) is 0.830. The Morgan fingerprint density at radius 3 is 2.70 bits per heavy atom. The number of piperidine rings is 1. The molecule has 0 saturated carbocycles. The van der Waals surface area contributed by atoms with Crippen molar-refractivity contribution < 1.29 is 13.2 Å². The van der Waals surface area contributed by atoms with Crippen LogP contribution in [-0.2, 0) is 27.7 Å². The SMILES string of the molecule is CC1CCCN(S(=O)(=O)c2cc3c4c(c2)CC(=O)N4CCC3)C1. The normalized spacial score (nSPS) is 24.8. The van der Waals surface area contributed by atoms with Crippen LogP contribution in [0.5, 0.6) is 0 Å². The van der Waals surface area contributed by atoms with E-state index in [0.717, 1.165) is 49.0 Å². The van der Waals surface area contributed by atoms with Crippen LogP contribution >= 0.6 is 0 Å². The molecule has 1 atom stereocenters. The molecule has 1 aromatic carbocycles. The molecule has 3 aliphatic heterocycles. The summed E-state index contributed by atoms with van der Waals surface area (Å²) < 4.78 is 27.6. The molecule has 1 aromatic rings. The zero-order valence-electron chi connectivity index (χ0n) is 13.4. The first-order valence-electron chi connectivity index (χ1n) is 8.43. The lowest BCUT2D eigenvalue weighted by Crippen LogP contribution is -2.39. The van der Waals surface area contributed by atoms with Crippen molar-refractivity contribution in [3.05, 3.63) is 23.3 Å². The van der Waals surface area contributed by atoms with Gasteiger partial charge in [-0.25, -0.2) is 8.42 Å². The van der Waals surface area contributed by atoms with Crippen LogP contribution in [0, 0.1) is 5.92 Å². The monoisotopic (exact) mass is 334 g/mol. The van der Waals surface area contributed by atoms with Crippen LogP contribution in [-0.4, -0.2) is 38.3 Å². The zero-order valence-corrected chi connectivity index (χ0v) is 14.2. The molecule has 0 aromatic heterocycles. The van der Waals surface area contributed by atoms with E-state index in [1.807, 2.05) is 4.90 Å². The van der Waals surface area contributed by atoms with Crippen molar-refractivity contribution in [3.63, 3.8) is 0 Å². The second kappa shape index (κ2) is 5.31. The standard InChI is InChI=1S/C17H22N2O3S/c1-12-4-2-6-18(11-12)23(21,22)15-8-13-5-3-7-19-16(20)10-14(9-15)17(13)19/h8-9,12H,2-7,10-11H2,1H3. The van der Waals surface area contributed by atoms with Crippen molar-refractivity contribution in [1.82, 2.24) is 4.31 Å². The minimum atomic E-state index is -3.46. The van der Waals surface area contributed by atoms with Gasteiger partial charge in [0.05, 0.1) is 17.0 Å². The van der Waals surface area contributed by atoms with Crippen molar-refractivity contribution in [1.29, 1.82) is 0 Å². The number of rotatable bonds is 2. The van der Waals surface area contributed by atoms with Gasteiger partial charge in [0, 0.05) is 19.6 Å². The van der Waals surface area contributed by atoms with Gasteiger partial charge in [-0.15, -0.1) is 0 Å². The lowest BCUT2D eigenvalue weighted by molar-refractivity contribution is -0.117. The van der Waals surface area contributed by atoms with Crippen LogP contribution in [0.15, 0.2) is 17.0 Å². The van der Waals surface area contributed by atoms with Crippen LogP contribution in [0.3, 0.4) is 0 Å². The second-order valence-electron chi connectivity index (χ2n) is 7.03. The van der Waals surface area contributed by atoms with E-state index in [4.69, 9.17) is 0 Å². The Labute approximate surface area is 137 Å². The van der Waals surface area contributed by atoms with Crippen molar-refractivity contribution in [2.24, 2.45) is 5.92 Å². The van der Waals surface area contributed by atoms with E-state index >= 15 is 0 Å². The van der Waals surface area contributed by atoms with Gasteiger partial charge >= 0.3 is 0 Å². The summed E-state index contributed by atoms with van der Waals surface area (Å²) in [6.45, 7) is 4.06. The minimum Gasteiger partial charge on any atom is -0.312 e. The fourth-order valence-electron chi connectivity index (χ4n) is 4.11. The average molecular weight is 334 g/mol. The van der Waals surface area contributed by atoms with Crippen LogP contribution in [0.1, 0.15) is 37.3 Å². The van der Waals surface area contributed by atoms with Gasteiger partial charge in [0.25, 0.3) is 0 Å². The molecule has 3 heterocycles. The number of nitrogens with zero attached hydrogens (tertiary/aromatic N) is 2. The summed E-state index contributed by atoms with van der Waals surface area (Å²) in [4.78, 5) is 14.3. The topological polar surface area (TPSA) is 57.7 Å². The van der Waals surface area contributed by atoms with Crippen LogP contribution in [0.25, 0.3) is 0 Å². The fraction of sp³-hybridized carbons (Fsp3) is 0.588. The molecule has 23 heavy (non-hydrogen) atoms. The molecule has 5 nitrogen and oxygen atoms in total. The summed E-state index contributed by atoms with van der Waals surface area (Å²) in [6.07, 6.45) is 4.10. The van der Waals surface area contributed by atoms with Crippen LogP contribution < -0.4 is 4.90 Å². The Kier molecular flexibility index (Phi) is 3.50. The van der Waals surface area contributed by atoms with E-state index in [0.29, 0.717) is 30.3 Å². The van der Waals surface area contributed by atoms with Crippen molar-refractivity contribution in [2.45, 2.75) is 43.9 Å². The number of sulfonamides is 1. The summed E-state index contributed by atoms with van der Waals surface area (Å²) in [7, 11) is -3.46. The first-order chi connectivity index (χ1) is 11.0. The van der Waals surface area contributed by atoms with Gasteiger partial charge in [0.1, 0.15) is 0 Å². The molecule has 124 valence electrons. The van der Waals surface area contributed by atoms with Gasteiger partial charge < -0.3 is 4.90 Å². The number of benzene rings is 1. The van der Waals surface area contributed by atoms with Crippen LogP contribution in [0.2, 0.25) is 0 Å². The maximum absolute atomic E-state index is 13.0. The lowest BCUT2D eigenvalue weighted by Gasteiger charge is -2.31. The maximum Gasteiger partial charge on any atom is 0.243 e. The molecule has 1 unspecified atom stereocenters. The molecule has 1 saturated heterocycles. The van der Waals surface area contributed by atoms with E-state index in [1.54, 1.807) is 16.4 Å². The number of aryl methyl sites for hydroxylation is 1. The highest BCUT2D eigenvalue weighted by atomic mass is 32.2. The van der Waals surface area contributed by atoms with Gasteiger partial charge in [0.2, 0.25) is 15.9 Å². The highest BCUT2D eigenvalue weighted by Crippen LogP contribution is 2.39. The summed E-state index contributed by atoms with van der Waals surface area (Å²) in [5.74, 6) is 0.505. The van der Waals surface area contributed by atoms with E-state index in [1.165, 1.54) is 0 Å². The molecule has 0 radical (unpaired) electrons. The first kappa shape index (κ1) is 15.1. The number of carbonyl (C=O) groups is 1. The number of carbonyl (C=O) groups excluding carboxylic acids is 1. The highest BCUT2D eigenvalue weighted by molar-refractivity contribution is 7.89. The minimum absolute atomic E-state index is 0.0992. The highest BCUT2D eigenvalue weighted by Gasteiger charge is 2.35. The Balaban J connectivity index is 1.76. The zero-order chi connectivity index (χ0) is 16.2. The van der Waals surface area contributed by atoms with E-state index in [9.17, 15) is 13.2 Å². The molecular weight excluding hydrogens is 312 g/mol. The molecule has 3 aliphatic rings. The molecule has 1 amide bonds. The molecular formula is C17H22N2O3S. The molecule has 0 bridgehead atoms. The fourth-order valence-corrected chi connectivity index (χ4v) is 5.81. The molecule has 4 rings (SSSR count). The third kappa shape index (κ3) is 2.39. The number of hydrogen-bond donors (Lipinski definition) is 0. The first-order valence-corrected chi connectivity index (χ1v) is 9.87. The van der Waals surface area contributed by atoms with E-state index < -0.39 is 10.0 Å². The predicted molar refractivity (Wildman–Crippen MR) is 88.0 cm³/mol. The van der Waals surface area contributed by atoms with Crippen LogP contribution in [0.4, 0.5) is 5.69 Å². The molecule has 1 fully saturated rings. The average Bonchev–Trinajstić information content (AvgIpc) is 2.85. The van der Waals surface area contributed by atoms with E-state index in [-0.39, 0.29) is 5.91 Å². The lowest BCUT2D eigenvalue weighted by atomic mass is 10.0. The largest absolute Gasteiger partial charge is 0.312 e. The number of hydrogen-bond acceptors (Lipinski definition) is 3. The Morgan fingerprint density at radius 1 is 1.13 bits per heavy atom. The Morgan fingerprint density at radius 2 is 1.91 bits per heavy atom. The predicted octanol–water partition coefficient (Wildman–Crippen LogP) is 1.94. The summed E-state index contributed by atoms with van der Waals surface area (Å²) in [6, 6.07) is 3.54. The van der Waals surface area contributed by atoms with Gasteiger partial charge in [-0.05, 0) is 54.9 Å². The summed E-state index contributed by atoms with van der Waals surface area (Å²) in [5, 5.41) is 0. The summed E-state index contributed by atoms with van der Waals surface area (Å²) >= 11 is 0. The third-order valence-electron chi connectivity index (χ3n) is 5.24. The Bertz CT molecular complexity index is 772. The van der Waals surface area contributed by atoms with Crippen molar-refractivity contribution in [2.75, 3.05) is 24.5 Å². The molecule has 0 aliphatic carbocycles. The smallest absolute Gasteiger partial charge is 0.243 e. The number of anilines is 1. The molecule has 0 N–H and O–H groups in total.